The Morgan fingerprint density at radius 1 is 1.36 bits per heavy atom. The van der Waals surface area contributed by atoms with Crippen LogP contribution in [0, 0.1) is 6.92 Å². The fourth-order valence-electron chi connectivity index (χ4n) is 3.43. The van der Waals surface area contributed by atoms with E-state index in [1.54, 1.807) is 0 Å². The van der Waals surface area contributed by atoms with Crippen molar-refractivity contribution in [2.45, 2.75) is 78.3 Å². The second-order valence-corrected chi connectivity index (χ2v) is 6.67. The van der Waals surface area contributed by atoms with Crippen LogP contribution in [0.5, 0.6) is 0 Å². The molecule has 0 aliphatic carbocycles. The molecule has 0 radical (unpaired) electrons. The van der Waals surface area contributed by atoms with Gasteiger partial charge in [0, 0.05) is 18.0 Å². The molecule has 0 N–H and O–H groups in total. The van der Waals surface area contributed by atoms with Gasteiger partial charge >= 0.3 is 5.63 Å². The van der Waals surface area contributed by atoms with Crippen molar-refractivity contribution in [3.63, 3.8) is 0 Å². The number of carbonyl (C=O) groups is 1. The minimum Gasteiger partial charge on any atom is -0.427 e. The van der Waals surface area contributed by atoms with Gasteiger partial charge in [-0.05, 0) is 51.7 Å². The molecule has 2 heterocycles. The lowest BCUT2D eigenvalue weighted by Crippen LogP contribution is -2.41. The van der Waals surface area contributed by atoms with Crippen molar-refractivity contribution in [2.75, 3.05) is 0 Å². The van der Waals surface area contributed by atoms with Crippen LogP contribution in [-0.4, -0.2) is 22.9 Å². The number of nitrogens with zero attached hydrogens (tertiary/aromatic N) is 1. The van der Waals surface area contributed by atoms with Gasteiger partial charge in [0.1, 0.15) is 11.3 Å². The van der Waals surface area contributed by atoms with Gasteiger partial charge in [-0.2, -0.15) is 0 Å². The van der Waals surface area contributed by atoms with Crippen molar-refractivity contribution < 1.29 is 9.21 Å². The van der Waals surface area contributed by atoms with Crippen LogP contribution in [0.2, 0.25) is 0 Å². The van der Waals surface area contributed by atoms with Gasteiger partial charge < -0.3 is 9.32 Å². The fourth-order valence-corrected chi connectivity index (χ4v) is 3.43. The molecule has 2 rings (SSSR count). The van der Waals surface area contributed by atoms with Gasteiger partial charge in [0.25, 0.3) is 5.91 Å². The molecule has 1 aromatic rings. The van der Waals surface area contributed by atoms with Gasteiger partial charge in [-0.3, -0.25) is 4.79 Å². The third-order valence-corrected chi connectivity index (χ3v) is 4.78. The highest BCUT2D eigenvalue weighted by molar-refractivity contribution is 5.95. The number of hydrogen-bond donors (Lipinski definition) is 0. The average molecular weight is 305 g/mol. The lowest BCUT2D eigenvalue weighted by atomic mass is 10.00. The first kappa shape index (κ1) is 16.8. The molecule has 0 aromatic carbocycles. The Kier molecular flexibility index (Phi) is 5.09. The van der Waals surface area contributed by atoms with E-state index in [9.17, 15) is 9.59 Å². The molecule has 1 unspecified atom stereocenters. The summed E-state index contributed by atoms with van der Waals surface area (Å²) in [6, 6.07) is 2.22. The lowest BCUT2D eigenvalue weighted by Gasteiger charge is -2.26. The molecule has 1 aliphatic heterocycles. The summed E-state index contributed by atoms with van der Waals surface area (Å²) in [6.07, 6.45) is 3.98. The quantitative estimate of drug-likeness (QED) is 0.848. The van der Waals surface area contributed by atoms with Crippen molar-refractivity contribution >= 4 is 5.91 Å². The van der Waals surface area contributed by atoms with E-state index in [1.165, 1.54) is 0 Å². The highest BCUT2D eigenvalue weighted by Crippen LogP contribution is 2.27. The Balaban J connectivity index is 2.36. The Morgan fingerprint density at radius 2 is 1.95 bits per heavy atom. The normalized spacial score (nSPS) is 22.9. The van der Waals surface area contributed by atoms with Crippen LogP contribution in [0.3, 0.4) is 0 Å². The maximum absolute atomic E-state index is 12.8. The predicted molar refractivity (Wildman–Crippen MR) is 87.4 cm³/mol. The first-order chi connectivity index (χ1) is 10.4. The number of rotatable bonds is 4. The summed E-state index contributed by atoms with van der Waals surface area (Å²) in [5.74, 6) is 0.701. The molecule has 0 saturated carbocycles. The van der Waals surface area contributed by atoms with Crippen molar-refractivity contribution in [1.29, 1.82) is 0 Å². The number of amides is 1. The molecule has 1 aromatic heterocycles. The maximum atomic E-state index is 12.8. The summed E-state index contributed by atoms with van der Waals surface area (Å²) in [5.41, 5.74) is 0.438. The molecule has 0 bridgehead atoms. The molecule has 3 atom stereocenters. The van der Waals surface area contributed by atoms with Gasteiger partial charge in [-0.1, -0.05) is 20.3 Å². The second kappa shape index (κ2) is 6.67. The molecule has 22 heavy (non-hydrogen) atoms. The summed E-state index contributed by atoms with van der Waals surface area (Å²) < 4.78 is 5.45. The van der Waals surface area contributed by atoms with Gasteiger partial charge in [0.2, 0.25) is 0 Å². The standard InChI is InChI=1S/C18H27NO3/c1-6-7-11(2)15-10-12(3)16(18(21)22-15)17(20)19-13(4)8-9-14(19)5/h10-11,13-14H,6-9H2,1-5H3/t11?,13-,14+. The minimum atomic E-state index is -0.491. The molecule has 1 aliphatic rings. The van der Waals surface area contributed by atoms with Crippen LogP contribution >= 0.6 is 0 Å². The SMILES string of the molecule is CCCC(C)c1cc(C)c(C(=O)N2[C@H](C)CC[C@@H]2C)c(=O)o1. The van der Waals surface area contributed by atoms with E-state index >= 15 is 0 Å². The van der Waals surface area contributed by atoms with Crippen LogP contribution in [0.1, 0.15) is 81.0 Å². The third kappa shape index (κ3) is 3.11. The van der Waals surface area contributed by atoms with Gasteiger partial charge in [0.15, 0.2) is 0 Å². The lowest BCUT2D eigenvalue weighted by molar-refractivity contribution is 0.0686. The Bertz CT molecular complexity index is 595. The van der Waals surface area contributed by atoms with E-state index in [4.69, 9.17) is 4.42 Å². The van der Waals surface area contributed by atoms with Crippen molar-refractivity contribution in [1.82, 2.24) is 4.90 Å². The zero-order chi connectivity index (χ0) is 16.4. The largest absolute Gasteiger partial charge is 0.427 e. The summed E-state index contributed by atoms with van der Waals surface area (Å²) in [4.78, 5) is 27.0. The minimum absolute atomic E-state index is 0.181. The maximum Gasteiger partial charge on any atom is 0.349 e. The molecule has 122 valence electrons. The number of aryl methyl sites for hydroxylation is 1. The Morgan fingerprint density at radius 3 is 2.45 bits per heavy atom. The summed E-state index contributed by atoms with van der Waals surface area (Å²) in [5, 5.41) is 0. The summed E-state index contributed by atoms with van der Waals surface area (Å²) in [6.45, 7) is 10.1. The van der Waals surface area contributed by atoms with E-state index in [2.05, 4.69) is 6.92 Å². The second-order valence-electron chi connectivity index (χ2n) is 6.67. The van der Waals surface area contributed by atoms with Crippen LogP contribution < -0.4 is 5.63 Å². The first-order valence-corrected chi connectivity index (χ1v) is 8.34. The fraction of sp³-hybridized carbons (Fsp3) is 0.667. The molecule has 4 heteroatoms. The highest BCUT2D eigenvalue weighted by atomic mass is 16.4. The Hall–Kier alpha value is -1.58. The van der Waals surface area contributed by atoms with E-state index in [0.717, 1.165) is 31.2 Å². The van der Waals surface area contributed by atoms with Crippen LogP contribution in [0.15, 0.2) is 15.3 Å². The zero-order valence-electron chi connectivity index (χ0n) is 14.3. The van der Waals surface area contributed by atoms with Crippen molar-refractivity contribution in [3.05, 3.63) is 33.4 Å². The van der Waals surface area contributed by atoms with Gasteiger partial charge in [-0.15, -0.1) is 0 Å². The van der Waals surface area contributed by atoms with Gasteiger partial charge in [0.05, 0.1) is 0 Å². The van der Waals surface area contributed by atoms with Gasteiger partial charge in [-0.25, -0.2) is 4.79 Å². The van der Waals surface area contributed by atoms with Crippen LogP contribution in [0.25, 0.3) is 0 Å². The number of carbonyl (C=O) groups excluding carboxylic acids is 1. The van der Waals surface area contributed by atoms with E-state index in [-0.39, 0.29) is 29.5 Å². The van der Waals surface area contributed by atoms with Crippen molar-refractivity contribution in [2.24, 2.45) is 0 Å². The monoisotopic (exact) mass is 305 g/mol. The molecule has 1 saturated heterocycles. The molecule has 1 amide bonds. The topological polar surface area (TPSA) is 50.5 Å². The summed E-state index contributed by atoms with van der Waals surface area (Å²) in [7, 11) is 0. The molecular formula is C18H27NO3. The number of hydrogen-bond acceptors (Lipinski definition) is 3. The number of likely N-dealkylation sites (tertiary alicyclic amines) is 1. The molecule has 4 nitrogen and oxygen atoms in total. The summed E-state index contributed by atoms with van der Waals surface area (Å²) >= 11 is 0. The third-order valence-electron chi connectivity index (χ3n) is 4.78. The smallest absolute Gasteiger partial charge is 0.349 e. The van der Waals surface area contributed by atoms with E-state index in [1.807, 2.05) is 38.7 Å². The van der Waals surface area contributed by atoms with E-state index < -0.39 is 5.63 Å². The van der Waals surface area contributed by atoms with Crippen LogP contribution in [-0.2, 0) is 0 Å². The predicted octanol–water partition coefficient (Wildman–Crippen LogP) is 3.86. The van der Waals surface area contributed by atoms with Crippen molar-refractivity contribution in [3.8, 4) is 0 Å². The average Bonchev–Trinajstić information content (AvgIpc) is 2.77. The first-order valence-electron chi connectivity index (χ1n) is 8.34. The molecule has 0 spiro atoms. The zero-order valence-corrected chi connectivity index (χ0v) is 14.3. The van der Waals surface area contributed by atoms with Crippen LogP contribution in [0.4, 0.5) is 0 Å². The highest BCUT2D eigenvalue weighted by Gasteiger charge is 2.34. The van der Waals surface area contributed by atoms with E-state index in [0.29, 0.717) is 5.76 Å². The molecule has 1 fully saturated rings. The Labute approximate surface area is 132 Å². The molecular weight excluding hydrogens is 278 g/mol.